The van der Waals surface area contributed by atoms with Crippen LogP contribution in [0.4, 0.5) is 16.0 Å². The van der Waals surface area contributed by atoms with Crippen LogP contribution in [0.3, 0.4) is 0 Å². The SMILES string of the molecule is CC(C)Oc1ccc(Nc2nc(=O)n(CCS(N)(=O)=O)c(=O)n2Cc2ccc(Cl)cc2)cc1F.Cc1nc(=O)[nH]c(=O)n1Cc1ccc(Cl)cc1.Cc1nc(=O)n(CCS(=O)(=O)O)c(=O)n1Cc1ccc(Cl)cc1.Cc1nc(=O)n(CCS(N)(=O)=O)c(=O)n1Cc1ccc(Cl)cc1. The normalized spacial score (nSPS) is 11.4. The van der Waals surface area contributed by atoms with E-state index in [1.807, 2.05) is 12.1 Å². The van der Waals surface area contributed by atoms with E-state index in [2.05, 4.69) is 30.2 Å². The van der Waals surface area contributed by atoms with Crippen LogP contribution in [0.15, 0.2) is 154 Å². The molecule has 0 atom stereocenters. The Morgan fingerprint density at radius 1 is 0.495 bits per heavy atom. The molecule has 0 unspecified atom stereocenters. The predicted molar refractivity (Wildman–Crippen MR) is 362 cm³/mol. The van der Waals surface area contributed by atoms with Crippen LogP contribution in [0.1, 0.15) is 53.6 Å². The number of nitrogens with zero attached hydrogens (tertiary/aromatic N) is 11. The first-order valence-electron chi connectivity index (χ1n) is 28.3. The number of primary sulfonamides is 2. The van der Waals surface area contributed by atoms with Gasteiger partial charge in [-0.15, -0.1) is 0 Å². The van der Waals surface area contributed by atoms with Crippen molar-refractivity contribution in [3.05, 3.63) is 265 Å². The minimum absolute atomic E-state index is 0.0297. The molecular formula is C58H62Cl4FN15O16S3. The summed E-state index contributed by atoms with van der Waals surface area (Å²) >= 11 is 23.3. The van der Waals surface area contributed by atoms with Gasteiger partial charge in [-0.05, 0) is 118 Å². The van der Waals surface area contributed by atoms with Gasteiger partial charge in [0.25, 0.3) is 10.1 Å². The lowest BCUT2D eigenvalue weighted by Gasteiger charge is -2.16. The summed E-state index contributed by atoms with van der Waals surface area (Å²) in [5.74, 6) is -1.82. The van der Waals surface area contributed by atoms with Crippen LogP contribution in [-0.4, -0.2) is 110 Å². The van der Waals surface area contributed by atoms with Crippen molar-refractivity contribution < 1.29 is 38.9 Å². The van der Waals surface area contributed by atoms with Gasteiger partial charge in [0.05, 0.1) is 49.5 Å². The summed E-state index contributed by atoms with van der Waals surface area (Å²) in [4.78, 5) is 114. The minimum Gasteiger partial charge on any atom is -0.488 e. The van der Waals surface area contributed by atoms with Gasteiger partial charge in [-0.1, -0.05) is 94.9 Å². The lowest BCUT2D eigenvalue weighted by molar-refractivity contribution is 0.231. The molecule has 7 N–H and O–H groups in total. The second-order valence-electron chi connectivity index (χ2n) is 21.1. The molecule has 9 aromatic rings. The fourth-order valence-corrected chi connectivity index (χ4v) is 10.3. The molecule has 39 heteroatoms. The Morgan fingerprint density at radius 2 is 0.835 bits per heavy atom. The molecule has 0 fully saturated rings. The molecule has 0 aliphatic heterocycles. The number of aromatic amines is 1. The van der Waals surface area contributed by atoms with Crippen LogP contribution < -0.4 is 65.8 Å². The molecule has 0 aliphatic carbocycles. The molecule has 9 rings (SSSR count). The van der Waals surface area contributed by atoms with Crippen LogP contribution in [-0.2, 0) is 76.0 Å². The molecule has 97 heavy (non-hydrogen) atoms. The quantitative estimate of drug-likeness (QED) is 0.0645. The van der Waals surface area contributed by atoms with E-state index in [1.165, 1.54) is 39.7 Å². The number of aryl methyl sites for hydroxylation is 3. The number of hydrogen-bond donors (Lipinski definition) is 5. The third kappa shape index (κ3) is 23.9. The van der Waals surface area contributed by atoms with E-state index in [-0.39, 0.29) is 61.3 Å². The lowest BCUT2D eigenvalue weighted by atomic mass is 10.2. The summed E-state index contributed by atoms with van der Waals surface area (Å²) in [6.45, 7) is 7.55. The third-order valence-electron chi connectivity index (χ3n) is 13.3. The standard InChI is InChI=1S/C21H23ClFN5O5S.C13H15ClN4O4S.C13H14ClN3O5S.C11H10ClN3O2/c1-13(2)33-18-8-7-16(11-17(18)23)25-19-26-20(29)27(9-10-34(24,31)32)21(30)28(19)12-14-3-5-15(22)6-4-14;1-9-16-12(19)17(6-7-23(15,21)22)13(20)18(9)8-10-2-4-11(14)5-3-10;1-9-15-12(18)16(6-7-23(20,21)22)13(19)17(9)8-10-2-4-11(14)5-3-10;1-7-13-10(16)14-11(17)15(7)6-8-2-4-9(12)5-3-8/h3-8,11,13H,9-10,12H2,1-2H3,(H2,24,31,32)(H,25,26,29);2-5H,6-8H2,1H3,(H2,15,21,22);2-5H,6-8H2,1H3,(H,20,21,22);2-5H,6H2,1H3,(H,14,16,17). The monoisotopic (exact) mass is 1480 g/mol. The Kier molecular flexibility index (Phi) is 26.8. The molecule has 0 amide bonds. The molecule has 4 aromatic heterocycles. The van der Waals surface area contributed by atoms with Gasteiger partial charge in [-0.2, -0.15) is 28.4 Å². The van der Waals surface area contributed by atoms with E-state index in [4.69, 9.17) is 66.0 Å². The molecule has 0 radical (unpaired) electrons. The molecule has 4 heterocycles. The van der Waals surface area contributed by atoms with Gasteiger partial charge in [-0.25, -0.2) is 83.6 Å². The summed E-state index contributed by atoms with van der Waals surface area (Å²) in [5, 5.41) is 14.9. The summed E-state index contributed by atoms with van der Waals surface area (Å²) in [6, 6.07) is 31.4. The zero-order valence-electron chi connectivity index (χ0n) is 51.9. The number of halogens is 5. The van der Waals surface area contributed by atoms with Gasteiger partial charge < -0.3 is 10.1 Å². The summed E-state index contributed by atoms with van der Waals surface area (Å²) in [7, 11) is -12.0. The maximum atomic E-state index is 14.4. The first kappa shape index (κ1) is 77.0. The lowest BCUT2D eigenvalue weighted by Crippen LogP contribution is -2.44. The van der Waals surface area contributed by atoms with Crippen LogP contribution in [0.2, 0.25) is 20.1 Å². The van der Waals surface area contributed by atoms with Crippen molar-refractivity contribution in [3.8, 4) is 5.75 Å². The summed E-state index contributed by atoms with van der Waals surface area (Å²) < 4.78 is 102. The zero-order chi connectivity index (χ0) is 71.9. The van der Waals surface area contributed by atoms with Crippen molar-refractivity contribution in [2.75, 3.05) is 22.6 Å². The molecule has 0 spiro atoms. The van der Waals surface area contributed by atoms with E-state index >= 15 is 0 Å². The molecule has 0 bridgehead atoms. The summed E-state index contributed by atoms with van der Waals surface area (Å²) in [5.41, 5.74) is -2.55. The highest BCUT2D eigenvalue weighted by Crippen LogP contribution is 2.24. The van der Waals surface area contributed by atoms with Gasteiger partial charge in [0.1, 0.15) is 17.5 Å². The number of nitrogens with one attached hydrogen (secondary N) is 2. The Balaban J connectivity index is 0.000000211. The largest absolute Gasteiger partial charge is 0.488 e. The average Bonchev–Trinajstić information content (AvgIpc) is 0.809. The third-order valence-corrected chi connectivity index (χ3v) is 16.5. The molecule has 0 saturated heterocycles. The topological polar surface area (TPSA) is 434 Å². The molecular weight excluding hydrogens is 1420 g/mol. The van der Waals surface area contributed by atoms with Crippen LogP contribution in [0.25, 0.3) is 0 Å². The van der Waals surface area contributed by atoms with Crippen molar-refractivity contribution in [2.24, 2.45) is 10.3 Å². The van der Waals surface area contributed by atoms with Crippen molar-refractivity contribution >= 4 is 88.2 Å². The Morgan fingerprint density at radius 3 is 1.19 bits per heavy atom. The van der Waals surface area contributed by atoms with Gasteiger partial charge in [0, 0.05) is 51.5 Å². The van der Waals surface area contributed by atoms with Gasteiger partial charge >= 0.3 is 45.5 Å². The van der Waals surface area contributed by atoms with Crippen molar-refractivity contribution in [3.63, 3.8) is 0 Å². The van der Waals surface area contributed by atoms with Gasteiger partial charge in [0.15, 0.2) is 11.6 Å². The number of sulfonamides is 2. The van der Waals surface area contributed by atoms with Crippen molar-refractivity contribution in [1.82, 2.24) is 56.9 Å². The fourth-order valence-electron chi connectivity index (χ4n) is 8.47. The average molecular weight is 1480 g/mol. The highest BCUT2D eigenvalue weighted by molar-refractivity contribution is 7.89. The number of anilines is 2. The second kappa shape index (κ2) is 33.8. The van der Waals surface area contributed by atoms with Crippen molar-refractivity contribution in [2.45, 2.75) is 86.5 Å². The van der Waals surface area contributed by atoms with Crippen molar-refractivity contribution in [1.29, 1.82) is 0 Å². The van der Waals surface area contributed by atoms with E-state index < -0.39 is 112 Å². The number of hydrogen-bond acceptors (Lipinski definition) is 20. The Hall–Kier alpha value is -9.04. The van der Waals surface area contributed by atoms with Crippen LogP contribution in [0.5, 0.6) is 5.75 Å². The highest BCUT2D eigenvalue weighted by Gasteiger charge is 2.19. The molecule has 31 nitrogen and oxygen atoms in total. The molecule has 518 valence electrons. The fraction of sp³-hybridized carbons (Fsp3) is 0.276. The highest BCUT2D eigenvalue weighted by atomic mass is 35.5. The summed E-state index contributed by atoms with van der Waals surface area (Å²) in [6.07, 6.45) is -0.232. The Labute approximate surface area is 570 Å². The first-order chi connectivity index (χ1) is 45.3. The maximum absolute atomic E-state index is 14.4. The van der Waals surface area contributed by atoms with Gasteiger partial charge in [0.2, 0.25) is 26.0 Å². The van der Waals surface area contributed by atoms with Crippen LogP contribution >= 0.6 is 46.4 Å². The first-order valence-corrected chi connectivity index (χ1v) is 34.8. The second-order valence-corrected chi connectivity index (χ2v) is 27.9. The number of H-pyrrole nitrogens is 1. The number of nitrogens with two attached hydrogens (primary N) is 2. The maximum Gasteiger partial charge on any atom is 0.354 e. The van der Waals surface area contributed by atoms with E-state index in [9.17, 15) is 68.0 Å². The predicted octanol–water partition coefficient (Wildman–Crippen LogP) is 3.01. The number of benzene rings is 5. The van der Waals surface area contributed by atoms with Crippen LogP contribution in [0, 0.1) is 26.6 Å². The molecule has 0 saturated carbocycles. The van der Waals surface area contributed by atoms with E-state index in [1.54, 1.807) is 106 Å². The van der Waals surface area contributed by atoms with E-state index in [0.29, 0.717) is 47.2 Å². The van der Waals surface area contributed by atoms with Gasteiger partial charge in [-0.3, -0.25) is 27.8 Å². The van der Waals surface area contributed by atoms with E-state index in [0.717, 1.165) is 31.9 Å². The number of rotatable bonds is 21. The number of aromatic nitrogens is 12. The molecule has 5 aromatic carbocycles. The minimum atomic E-state index is -4.29. The molecule has 0 aliphatic rings. The number of ether oxygens (including phenoxy) is 1. The Bertz CT molecular complexity index is 5030. The smallest absolute Gasteiger partial charge is 0.354 e. The zero-order valence-corrected chi connectivity index (χ0v) is 57.4.